The normalized spacial score (nSPS) is 9.10. The fraction of sp³-hybridized carbons (Fsp3) is 0.133. The molecule has 8 nitrogen and oxygen atoms in total. The zero-order chi connectivity index (χ0) is 27.4. The van der Waals surface area contributed by atoms with Crippen LogP contribution in [0.4, 0.5) is 0 Å². The Morgan fingerprint density at radius 3 is 0.825 bits per heavy atom. The van der Waals surface area contributed by atoms with Gasteiger partial charge in [-0.1, -0.05) is 24.3 Å². The predicted molar refractivity (Wildman–Crippen MR) is 144 cm³/mol. The third-order valence-electron chi connectivity index (χ3n) is 5.63. The predicted octanol–water partition coefficient (Wildman–Crippen LogP) is 5.89. The zero-order valence-corrected chi connectivity index (χ0v) is 25.1. The van der Waals surface area contributed by atoms with Crippen molar-refractivity contribution >= 4 is 46.4 Å². The molecule has 204 valence electrons. The maximum Gasteiger partial charge on any atom is 5.00 e. The van der Waals surface area contributed by atoms with Crippen LogP contribution in [0.15, 0.2) is 24.3 Å². The van der Waals surface area contributed by atoms with Crippen molar-refractivity contribution in [3.8, 4) is 0 Å². The van der Waals surface area contributed by atoms with Crippen LogP contribution in [-0.4, -0.2) is 9.97 Å². The van der Waals surface area contributed by atoms with Crippen molar-refractivity contribution in [2.45, 2.75) is 27.7 Å². The Morgan fingerprint density at radius 2 is 0.650 bits per heavy atom. The van der Waals surface area contributed by atoms with Gasteiger partial charge in [0.15, 0.2) is 0 Å². The minimum atomic E-state index is 0. The van der Waals surface area contributed by atoms with Crippen LogP contribution in [0.2, 0.25) is 0 Å². The Kier molecular flexibility index (Phi) is 23.4. The molecule has 2 aliphatic rings. The second kappa shape index (κ2) is 21.4. The molecule has 3 aromatic rings. The van der Waals surface area contributed by atoms with Gasteiger partial charge in [-0.15, -0.1) is 22.1 Å². The van der Waals surface area contributed by atoms with Gasteiger partial charge in [0.1, 0.15) is 0 Å². The van der Waals surface area contributed by atoms with Crippen LogP contribution in [0.25, 0.3) is 46.4 Å². The molecule has 0 atom stereocenters. The molecular formula is C30H26CoCrN4O4+. The Hall–Kier alpha value is -3.40. The van der Waals surface area contributed by atoms with E-state index >= 15 is 0 Å². The van der Waals surface area contributed by atoms with E-state index in [-0.39, 0.29) is 49.0 Å². The molecule has 0 spiro atoms. The maximum atomic E-state index is 7.50. The molecule has 3 aromatic heterocycles. The molecule has 2 radical (unpaired) electrons. The van der Waals surface area contributed by atoms with Crippen molar-refractivity contribution < 1.29 is 52.7 Å². The number of fused-ring (bicyclic) bond motifs is 8. The van der Waals surface area contributed by atoms with Gasteiger partial charge < -0.3 is 24.8 Å². The monoisotopic (exact) mass is 617 g/mol. The minimum Gasteiger partial charge on any atom is -0.358 e. The summed E-state index contributed by atoms with van der Waals surface area (Å²) in [5.74, 6) is 0. The Balaban J connectivity index is -0.000000499. The molecule has 40 heavy (non-hydrogen) atoms. The van der Waals surface area contributed by atoms with E-state index in [9.17, 15) is 0 Å². The number of aromatic nitrogens is 4. The first kappa shape index (κ1) is 43.6. The van der Waals surface area contributed by atoms with Crippen LogP contribution in [0.1, 0.15) is 45.0 Å². The van der Waals surface area contributed by atoms with E-state index in [2.05, 4.69) is 103 Å². The quantitative estimate of drug-likeness (QED) is 0.158. The van der Waals surface area contributed by atoms with Gasteiger partial charge in [0.25, 0.3) is 0 Å². The van der Waals surface area contributed by atoms with Crippen LogP contribution < -0.4 is 9.97 Å². The van der Waals surface area contributed by atoms with Gasteiger partial charge in [-0.05, 0) is 74.3 Å². The summed E-state index contributed by atoms with van der Waals surface area (Å²) in [6, 6.07) is 8.23. The van der Waals surface area contributed by atoms with Crippen molar-refractivity contribution in [3.63, 3.8) is 0 Å². The minimum absolute atomic E-state index is 0. The second-order valence-corrected chi connectivity index (χ2v) is 7.36. The molecule has 0 amide bonds. The number of nitrogens with zero attached hydrogens (tertiary/aromatic N) is 4. The van der Waals surface area contributed by atoms with E-state index in [1.807, 2.05) is 0 Å². The number of hydrogen-bond acceptors (Lipinski definition) is 2. The first-order chi connectivity index (χ1) is 17.5. The van der Waals surface area contributed by atoms with Crippen LogP contribution in [0.3, 0.4) is 0 Å². The molecular weight excluding hydrogens is 591 g/mol. The van der Waals surface area contributed by atoms with E-state index in [1.54, 1.807) is 0 Å². The first-order valence-electron chi connectivity index (χ1n) is 10.2. The summed E-state index contributed by atoms with van der Waals surface area (Å²) in [4.78, 5) is 19.4. The van der Waals surface area contributed by atoms with E-state index in [0.29, 0.717) is 0 Å². The Labute approximate surface area is 256 Å². The van der Waals surface area contributed by atoms with E-state index < -0.39 is 0 Å². The molecule has 8 bridgehead atoms. The van der Waals surface area contributed by atoms with Gasteiger partial charge in [0.2, 0.25) is 0 Å². The summed E-state index contributed by atoms with van der Waals surface area (Å²) >= 11 is 0. The molecule has 2 aliphatic heterocycles. The summed E-state index contributed by atoms with van der Waals surface area (Å²) in [5, 5.41) is 0. The summed E-state index contributed by atoms with van der Waals surface area (Å²) in [7, 11) is 0. The number of hydrogen-bond donors (Lipinski definition) is 0. The SMILES string of the molecule is Cc1c2nc(c(C)c3ccc([n-]3)c(C)c3nc(c(C)c4ccc1[n-]4)C=C3)C=C2.[C-]#[O+].[C-]#[O+].[C-]#[O+].[C-]#[O+].[CH3-].[CH3-].[Co].[Cr+5]. The summed E-state index contributed by atoms with van der Waals surface area (Å²) in [6.07, 6.45) is 8.23. The molecule has 0 N–H and O–H groups in total. The van der Waals surface area contributed by atoms with Gasteiger partial charge in [0.05, 0.1) is 22.8 Å². The molecule has 0 aliphatic carbocycles. The van der Waals surface area contributed by atoms with Gasteiger partial charge >= 0.3 is 62.6 Å². The molecule has 10 heteroatoms. The molecule has 5 heterocycles. The van der Waals surface area contributed by atoms with Gasteiger partial charge in [0, 0.05) is 16.8 Å². The topological polar surface area (TPSA) is 134 Å². The molecule has 0 saturated heterocycles. The third kappa shape index (κ3) is 9.36. The third-order valence-corrected chi connectivity index (χ3v) is 5.63. The zero-order valence-electron chi connectivity index (χ0n) is 22.8. The Bertz CT molecular complexity index is 1340. The largest absolute Gasteiger partial charge is 5.00 e. The Morgan fingerprint density at radius 1 is 0.475 bits per heavy atom. The summed E-state index contributed by atoms with van der Waals surface area (Å²) < 4.78 is 30.0. The molecule has 0 aromatic carbocycles. The van der Waals surface area contributed by atoms with Crippen LogP contribution >= 0.6 is 0 Å². The van der Waals surface area contributed by atoms with E-state index in [0.717, 1.165) is 67.1 Å². The van der Waals surface area contributed by atoms with Crippen molar-refractivity contribution in [3.05, 3.63) is 111 Å². The summed E-state index contributed by atoms with van der Waals surface area (Å²) in [5.41, 5.74) is 11.9. The van der Waals surface area contributed by atoms with E-state index in [1.165, 1.54) is 0 Å². The molecule has 0 saturated carbocycles. The number of aryl methyl sites for hydroxylation is 4. The molecule has 0 unspecified atom stereocenters. The van der Waals surface area contributed by atoms with Crippen LogP contribution in [0, 0.1) is 69.1 Å². The molecule has 0 fully saturated rings. The van der Waals surface area contributed by atoms with Gasteiger partial charge in [-0.3, -0.25) is 0 Å². The average Bonchev–Trinajstić information content (AvgIpc) is 3.77. The first-order valence-corrected chi connectivity index (χ1v) is 10.2. The standard InChI is InChI=1S/C24H20N4.4CO.2CH3.Co.Cr/c1-13-17-5-7-19(25-17)14(2)21-9-11-23(27-21)16(4)24-12-10-22(28-24)15(3)20-8-6-18(13)26-20;4*1-2;;;;/h5-12H,1-4H3;;;;;2*1H3;;/q-2;;;;;2*-1;;+5. The van der Waals surface area contributed by atoms with Gasteiger partial charge in [-0.25, -0.2) is 9.97 Å². The van der Waals surface area contributed by atoms with Crippen molar-refractivity contribution in [2.75, 3.05) is 0 Å². The van der Waals surface area contributed by atoms with Gasteiger partial charge in [-0.2, -0.15) is 0 Å². The molecule has 5 rings (SSSR count). The maximum absolute atomic E-state index is 7.50. The summed E-state index contributed by atoms with van der Waals surface area (Å²) in [6.45, 7) is 26.3. The van der Waals surface area contributed by atoms with Crippen LogP contribution in [0.5, 0.6) is 0 Å². The van der Waals surface area contributed by atoms with E-state index in [4.69, 9.17) is 38.5 Å². The average molecular weight is 617 g/mol. The fourth-order valence-electron chi connectivity index (χ4n) is 3.64. The second-order valence-electron chi connectivity index (χ2n) is 7.36. The smallest absolute Gasteiger partial charge is 0.358 e. The van der Waals surface area contributed by atoms with Crippen molar-refractivity contribution in [1.29, 1.82) is 0 Å². The fourth-order valence-corrected chi connectivity index (χ4v) is 3.64. The van der Waals surface area contributed by atoms with Crippen molar-refractivity contribution in [1.82, 2.24) is 19.9 Å². The van der Waals surface area contributed by atoms with Crippen molar-refractivity contribution in [2.24, 2.45) is 0 Å². The van der Waals surface area contributed by atoms with Crippen LogP contribution in [-0.2, 0) is 52.7 Å². The number of rotatable bonds is 0.